The van der Waals surface area contributed by atoms with Crippen LogP contribution in [0.5, 0.6) is 5.75 Å². The SMILES string of the molecule is CCOC(=O)c1ccc(N2C(=O)C3C4CC(C3C2=O)C2C4Sc3[nH]c(=O)sc3[C@@H]2c2cc(Cl)ccc2OCc2cccc(C)c2)cc1. The van der Waals surface area contributed by atoms with Crippen molar-refractivity contribution in [1.29, 1.82) is 0 Å². The van der Waals surface area contributed by atoms with Gasteiger partial charge in [-0.15, -0.1) is 11.8 Å². The Kier molecular flexibility index (Phi) is 7.57. The lowest BCUT2D eigenvalue weighted by Crippen LogP contribution is -2.42. The molecule has 0 spiro atoms. The molecule has 6 unspecified atom stereocenters. The van der Waals surface area contributed by atoms with Crippen molar-refractivity contribution in [3.63, 3.8) is 0 Å². The van der Waals surface area contributed by atoms with Gasteiger partial charge in [0, 0.05) is 26.6 Å². The van der Waals surface area contributed by atoms with Crippen molar-refractivity contribution in [3.05, 3.63) is 109 Å². The van der Waals surface area contributed by atoms with Gasteiger partial charge in [0.25, 0.3) is 0 Å². The number of rotatable bonds is 7. The number of carbonyl (C=O) groups is 3. The van der Waals surface area contributed by atoms with Crippen molar-refractivity contribution in [2.24, 2.45) is 29.6 Å². The number of hydrogen-bond donors (Lipinski definition) is 1. The van der Waals surface area contributed by atoms with E-state index in [0.717, 1.165) is 33.0 Å². The van der Waals surface area contributed by atoms with Gasteiger partial charge in [-0.3, -0.25) is 19.3 Å². The van der Waals surface area contributed by atoms with E-state index in [1.54, 1.807) is 43.0 Å². The van der Waals surface area contributed by atoms with Gasteiger partial charge in [-0.1, -0.05) is 52.8 Å². The zero-order chi connectivity index (χ0) is 32.6. The van der Waals surface area contributed by atoms with E-state index in [2.05, 4.69) is 11.1 Å². The van der Waals surface area contributed by atoms with Crippen LogP contribution < -0.4 is 14.5 Å². The average molecular weight is 687 g/mol. The van der Waals surface area contributed by atoms with Gasteiger partial charge in [0.15, 0.2) is 0 Å². The molecular formula is C36H31ClN2O6S2. The Morgan fingerprint density at radius 3 is 2.51 bits per heavy atom. The predicted molar refractivity (Wildman–Crippen MR) is 180 cm³/mol. The van der Waals surface area contributed by atoms with Crippen LogP contribution in [-0.2, 0) is 20.9 Å². The number of hydrogen-bond acceptors (Lipinski definition) is 8. The van der Waals surface area contributed by atoms with Gasteiger partial charge < -0.3 is 14.5 Å². The number of halogens is 1. The van der Waals surface area contributed by atoms with Crippen molar-refractivity contribution in [2.45, 2.75) is 43.1 Å². The van der Waals surface area contributed by atoms with Gasteiger partial charge in [-0.05, 0) is 86.1 Å². The Bertz CT molecular complexity index is 1990. The van der Waals surface area contributed by atoms with Crippen LogP contribution in [0.3, 0.4) is 0 Å². The molecule has 7 atom stereocenters. The quantitative estimate of drug-likeness (QED) is 0.168. The number of amides is 2. The first-order valence-corrected chi connectivity index (χ1v) is 17.8. The number of ether oxygens (including phenoxy) is 2. The zero-order valence-electron chi connectivity index (χ0n) is 25.6. The number of nitrogens with one attached hydrogen (secondary N) is 1. The number of imide groups is 1. The van der Waals surface area contributed by atoms with E-state index in [1.807, 2.05) is 43.3 Å². The van der Waals surface area contributed by atoms with Crippen LogP contribution in [0.1, 0.15) is 51.2 Å². The summed E-state index contributed by atoms with van der Waals surface area (Å²) in [5.41, 5.74) is 3.90. The monoisotopic (exact) mass is 686 g/mol. The molecule has 3 fully saturated rings. The van der Waals surface area contributed by atoms with Crippen molar-refractivity contribution in [3.8, 4) is 5.75 Å². The highest BCUT2D eigenvalue weighted by Gasteiger charge is 2.69. The largest absolute Gasteiger partial charge is 0.489 e. The maximum atomic E-state index is 14.2. The number of esters is 1. The second-order valence-corrected chi connectivity index (χ2v) is 15.3. The number of aromatic amines is 1. The van der Waals surface area contributed by atoms with E-state index in [4.69, 9.17) is 21.1 Å². The molecule has 240 valence electrons. The van der Waals surface area contributed by atoms with Gasteiger partial charge in [0.05, 0.1) is 34.7 Å². The average Bonchev–Trinajstić information content (AvgIpc) is 3.79. The molecule has 4 aromatic rings. The molecule has 2 bridgehead atoms. The van der Waals surface area contributed by atoms with E-state index >= 15 is 0 Å². The Hall–Kier alpha value is -3.86. The first kappa shape index (κ1) is 30.5. The number of carbonyl (C=O) groups excluding carboxylic acids is 3. The molecule has 2 amide bonds. The normalized spacial score (nSPS) is 27.0. The summed E-state index contributed by atoms with van der Waals surface area (Å²) < 4.78 is 11.6. The van der Waals surface area contributed by atoms with Crippen LogP contribution in [0.2, 0.25) is 5.02 Å². The third-order valence-electron chi connectivity index (χ3n) is 10.1. The zero-order valence-corrected chi connectivity index (χ0v) is 28.0. The van der Waals surface area contributed by atoms with E-state index in [0.29, 0.717) is 28.6 Å². The number of H-pyrrole nitrogens is 1. The van der Waals surface area contributed by atoms with Gasteiger partial charge in [-0.2, -0.15) is 0 Å². The summed E-state index contributed by atoms with van der Waals surface area (Å²) >= 11 is 9.47. The number of nitrogens with zero attached hydrogens (tertiary/aromatic N) is 1. The van der Waals surface area contributed by atoms with Crippen LogP contribution >= 0.6 is 34.7 Å². The second-order valence-electron chi connectivity index (χ2n) is 12.7. The highest BCUT2D eigenvalue weighted by Crippen LogP contribution is 2.69. The molecule has 11 heteroatoms. The van der Waals surface area contributed by atoms with Gasteiger partial charge in [0.1, 0.15) is 12.4 Å². The van der Waals surface area contributed by atoms with Gasteiger partial charge in [-0.25, -0.2) is 4.79 Å². The highest BCUT2D eigenvalue weighted by atomic mass is 35.5. The summed E-state index contributed by atoms with van der Waals surface area (Å²) in [7, 11) is 0. The van der Waals surface area contributed by atoms with Crippen LogP contribution in [0.15, 0.2) is 76.6 Å². The molecule has 2 aliphatic heterocycles. The molecule has 3 aromatic carbocycles. The number of aromatic nitrogens is 1. The third kappa shape index (κ3) is 4.95. The van der Waals surface area contributed by atoms with Gasteiger partial charge >= 0.3 is 10.8 Å². The molecule has 0 radical (unpaired) electrons. The molecule has 1 saturated heterocycles. The summed E-state index contributed by atoms with van der Waals surface area (Å²) in [6.45, 7) is 4.41. The minimum absolute atomic E-state index is 0.00660. The molecule has 47 heavy (non-hydrogen) atoms. The molecule has 1 aromatic heterocycles. The molecule has 4 aliphatic rings. The molecule has 8 rings (SSSR count). The molecule has 3 heterocycles. The lowest BCUT2D eigenvalue weighted by molar-refractivity contribution is -0.123. The van der Waals surface area contributed by atoms with E-state index in [-0.39, 0.29) is 52.2 Å². The maximum Gasteiger partial charge on any atom is 0.338 e. The third-order valence-corrected chi connectivity index (χ3v) is 13.0. The molecular weight excluding hydrogens is 656 g/mol. The molecule has 2 aliphatic carbocycles. The van der Waals surface area contributed by atoms with Crippen LogP contribution in [-0.4, -0.2) is 34.6 Å². The van der Waals surface area contributed by atoms with Crippen LogP contribution in [0.25, 0.3) is 0 Å². The summed E-state index contributed by atoms with van der Waals surface area (Å²) in [4.78, 5) is 58.4. The van der Waals surface area contributed by atoms with E-state index in [9.17, 15) is 19.2 Å². The van der Waals surface area contributed by atoms with Crippen molar-refractivity contribution >= 4 is 58.2 Å². The Balaban J connectivity index is 1.15. The minimum atomic E-state index is -0.463. The summed E-state index contributed by atoms with van der Waals surface area (Å²) in [6.07, 6.45) is 0.764. The Morgan fingerprint density at radius 2 is 1.77 bits per heavy atom. The summed E-state index contributed by atoms with van der Waals surface area (Å²) in [5.74, 6) is -1.39. The fourth-order valence-electron chi connectivity index (χ4n) is 8.44. The smallest absolute Gasteiger partial charge is 0.338 e. The first-order valence-electron chi connectivity index (χ1n) is 15.8. The molecule has 2 saturated carbocycles. The Labute approximate surface area is 284 Å². The van der Waals surface area contributed by atoms with Crippen molar-refractivity contribution in [1.82, 2.24) is 4.98 Å². The van der Waals surface area contributed by atoms with E-state index < -0.39 is 17.8 Å². The lowest BCUT2D eigenvalue weighted by Gasteiger charge is -2.43. The lowest BCUT2D eigenvalue weighted by atomic mass is 9.68. The fraction of sp³-hybridized carbons (Fsp3) is 0.333. The van der Waals surface area contributed by atoms with Crippen molar-refractivity contribution < 1.29 is 23.9 Å². The number of thioether (sulfide) groups is 1. The fourth-order valence-corrected chi connectivity index (χ4v) is 11.5. The Morgan fingerprint density at radius 1 is 1.00 bits per heavy atom. The van der Waals surface area contributed by atoms with Gasteiger partial charge in [0.2, 0.25) is 11.8 Å². The minimum Gasteiger partial charge on any atom is -0.489 e. The number of anilines is 1. The number of fused-ring (bicyclic) bond motifs is 9. The number of benzene rings is 3. The highest BCUT2D eigenvalue weighted by molar-refractivity contribution is 8.00. The number of thiazole rings is 1. The van der Waals surface area contributed by atoms with Crippen molar-refractivity contribution in [2.75, 3.05) is 11.5 Å². The van der Waals surface area contributed by atoms with Crippen LogP contribution in [0, 0.1) is 36.5 Å². The number of aryl methyl sites for hydroxylation is 1. The maximum absolute atomic E-state index is 14.2. The standard InChI is InChI=1S/C36H31ClN2O6S2/c1-3-44-35(42)19-7-10-21(11-8-19)39-33(40)28-23-15-24(29(28)34(39)41)30-27(23)26(31-32(46-30)38-36(43)47-31)22-14-20(37)9-12-25(22)45-16-18-6-4-5-17(2)13-18/h4-14,23-24,26-30H,3,15-16H2,1-2H3,(H,38,43)/t23?,24?,26-,27?,28?,29?,30?/m1/s1. The summed E-state index contributed by atoms with van der Waals surface area (Å²) in [6, 6.07) is 20.3. The molecule has 8 nitrogen and oxygen atoms in total. The first-order chi connectivity index (χ1) is 22.7. The van der Waals surface area contributed by atoms with E-state index in [1.165, 1.54) is 16.2 Å². The van der Waals surface area contributed by atoms with Crippen LogP contribution in [0.4, 0.5) is 5.69 Å². The predicted octanol–water partition coefficient (Wildman–Crippen LogP) is 6.83. The molecule has 1 N–H and O–H groups in total. The second kappa shape index (κ2) is 11.7. The summed E-state index contributed by atoms with van der Waals surface area (Å²) in [5, 5.41) is 1.41. The topological polar surface area (TPSA) is 106 Å².